The summed E-state index contributed by atoms with van der Waals surface area (Å²) in [5.74, 6) is 0. The van der Waals surface area contributed by atoms with E-state index in [0.29, 0.717) is 11.3 Å². The maximum Gasteiger partial charge on any atom is 0.0972 e. The van der Waals surface area contributed by atoms with Crippen molar-refractivity contribution in [1.82, 2.24) is 9.97 Å². The molecule has 8 aromatic rings. The van der Waals surface area contributed by atoms with Gasteiger partial charge in [0.2, 0.25) is 0 Å². The van der Waals surface area contributed by atoms with Gasteiger partial charge in [0.25, 0.3) is 0 Å². The van der Waals surface area contributed by atoms with Crippen molar-refractivity contribution in [1.29, 1.82) is 0 Å². The second-order valence-electron chi connectivity index (χ2n) is 7.89. The summed E-state index contributed by atoms with van der Waals surface area (Å²) in [6, 6.07) is -13.2. The van der Waals surface area contributed by atoms with Crippen LogP contribution in [0.15, 0.2) is 121 Å². The van der Waals surface area contributed by atoms with Gasteiger partial charge in [-0.25, -0.2) is 4.98 Å². The fourth-order valence-electron chi connectivity index (χ4n) is 4.24. The highest BCUT2D eigenvalue weighted by molar-refractivity contribution is 7.26. The highest BCUT2D eigenvalue weighted by Crippen LogP contribution is 2.43. The Morgan fingerprint density at radius 3 is 2.11 bits per heavy atom. The molecule has 0 fully saturated rings. The van der Waals surface area contributed by atoms with Crippen LogP contribution in [0.4, 0.5) is 0 Å². The Morgan fingerprint density at radius 1 is 0.514 bits per heavy atom. The topological polar surface area (TPSA) is 25.8 Å². The summed E-state index contributed by atoms with van der Waals surface area (Å²) in [7, 11) is 0. The van der Waals surface area contributed by atoms with E-state index in [1.165, 1.54) is 0 Å². The highest BCUT2D eigenvalue weighted by Gasteiger charge is 2.15. The van der Waals surface area contributed by atoms with E-state index >= 15 is 0 Å². The number of rotatable bonds is 2. The van der Waals surface area contributed by atoms with Crippen LogP contribution in [-0.2, 0) is 0 Å². The number of benzene rings is 5. The normalized spacial score (nSPS) is 19.4. The van der Waals surface area contributed by atoms with Gasteiger partial charge in [0.15, 0.2) is 0 Å². The number of hydrogen-bond acceptors (Lipinski definition) is 3. The largest absolute Gasteiger partial charge is 0.254 e. The van der Waals surface area contributed by atoms with Crippen LogP contribution in [-0.4, -0.2) is 9.97 Å². The summed E-state index contributed by atoms with van der Waals surface area (Å²) < 4.78 is 174. The fraction of sp³-hybridized carbons (Fsp3) is 0. The Balaban J connectivity index is 1.62. The van der Waals surface area contributed by atoms with Crippen LogP contribution in [0.5, 0.6) is 0 Å². The molecule has 0 spiro atoms. The lowest BCUT2D eigenvalue weighted by molar-refractivity contribution is 1.37. The van der Waals surface area contributed by atoms with Crippen molar-refractivity contribution in [2.75, 3.05) is 0 Å². The van der Waals surface area contributed by atoms with Crippen LogP contribution in [0.3, 0.4) is 0 Å². The molecule has 37 heavy (non-hydrogen) atoms. The van der Waals surface area contributed by atoms with E-state index in [4.69, 9.17) is 24.7 Å². The van der Waals surface area contributed by atoms with E-state index in [2.05, 4.69) is 9.97 Å². The summed E-state index contributed by atoms with van der Waals surface area (Å²) in [5.41, 5.74) is -2.75. The molecule has 0 bridgehead atoms. The third-order valence-corrected chi connectivity index (χ3v) is 7.00. The molecule has 0 radical (unpaired) electrons. The van der Waals surface area contributed by atoms with Gasteiger partial charge in [-0.2, -0.15) is 0 Å². The number of nitrogens with zero attached hydrogens (tertiary/aromatic N) is 2. The van der Waals surface area contributed by atoms with Crippen LogP contribution < -0.4 is 0 Å². The van der Waals surface area contributed by atoms with E-state index in [9.17, 15) is 2.74 Å². The molecule has 0 saturated heterocycles. The van der Waals surface area contributed by atoms with E-state index in [0.717, 1.165) is 0 Å². The molecule has 3 aromatic heterocycles. The molecular weight excluding hydrogens is 468 g/mol. The lowest BCUT2D eigenvalue weighted by Gasteiger charge is -2.13. The maximum atomic E-state index is 9.41. The van der Waals surface area contributed by atoms with Gasteiger partial charge in [0.1, 0.15) is 0 Å². The average Bonchev–Trinajstić information content (AvgIpc) is 3.58. The van der Waals surface area contributed by atoms with Crippen LogP contribution >= 0.6 is 11.3 Å². The number of aromatic nitrogens is 2. The van der Waals surface area contributed by atoms with Gasteiger partial charge in [-0.1, -0.05) is 96.7 Å². The Hall–Kier alpha value is -4.60. The Labute approximate surface area is 245 Å². The fourth-order valence-corrected chi connectivity index (χ4v) is 5.31. The molecule has 0 N–H and O–H groups in total. The minimum Gasteiger partial charge on any atom is -0.254 e. The smallest absolute Gasteiger partial charge is 0.0972 e. The first kappa shape index (κ1) is 9.05. The van der Waals surface area contributed by atoms with Gasteiger partial charge in [0.05, 0.1) is 44.1 Å². The quantitative estimate of drug-likeness (QED) is 0.217. The van der Waals surface area contributed by atoms with Gasteiger partial charge in [-0.3, -0.25) is 4.98 Å². The first-order valence-corrected chi connectivity index (χ1v) is 11.6. The van der Waals surface area contributed by atoms with Crippen molar-refractivity contribution >= 4 is 64.1 Å². The summed E-state index contributed by atoms with van der Waals surface area (Å²) in [6.45, 7) is 0. The predicted molar refractivity (Wildman–Crippen MR) is 158 cm³/mol. The van der Waals surface area contributed by atoms with Gasteiger partial charge in [-0.15, -0.1) is 11.3 Å². The van der Waals surface area contributed by atoms with E-state index in [1.807, 2.05) is 0 Å². The molecule has 8 rings (SSSR count). The Bertz CT molecular complexity index is 3250. The standard InChI is InChI=1S/C34H20N2S/c1-2-9-24-23(8-1)25(28-11-5-12-29-27-10-3-4-13-31(27)37-34(28)29)17-18-26(24)30-19-16-22-15-14-21-7-6-20-35-32(21)33(22)36-30/h1-20H/i1D,2D,3D,4D,5D,6D,7D,8D,9D,10D,11D,12D,13D,14D,15D,16D,17D,18D,19D,20D. The molecule has 172 valence electrons. The van der Waals surface area contributed by atoms with Crippen molar-refractivity contribution in [2.24, 2.45) is 0 Å². The summed E-state index contributed by atoms with van der Waals surface area (Å²) >= 11 is 0.716. The zero-order valence-corrected chi connectivity index (χ0v) is 19.1. The zero-order valence-electron chi connectivity index (χ0n) is 38.3. The Morgan fingerprint density at radius 2 is 1.22 bits per heavy atom. The van der Waals surface area contributed by atoms with Crippen LogP contribution in [0.1, 0.15) is 27.4 Å². The molecule has 0 amide bonds. The molecule has 0 unspecified atom stereocenters. The molecule has 3 heterocycles. The zero-order chi connectivity index (χ0) is 41.8. The monoisotopic (exact) mass is 508 g/mol. The second-order valence-corrected chi connectivity index (χ2v) is 8.91. The lowest BCUT2D eigenvalue weighted by Crippen LogP contribution is -1.91. The molecule has 0 aliphatic heterocycles. The van der Waals surface area contributed by atoms with Gasteiger partial charge in [0, 0.05) is 48.2 Å². The third-order valence-electron chi connectivity index (χ3n) is 5.87. The molecule has 0 atom stereocenters. The van der Waals surface area contributed by atoms with E-state index in [1.54, 1.807) is 0 Å². The number of fused-ring (bicyclic) bond motifs is 7. The predicted octanol–water partition coefficient (Wildman–Crippen LogP) is 9.64. The molecule has 5 aromatic carbocycles. The molecule has 0 aliphatic rings. The second kappa shape index (κ2) is 7.95. The molecule has 0 aliphatic carbocycles. The number of thiophene rings is 1. The van der Waals surface area contributed by atoms with Crippen molar-refractivity contribution < 1.29 is 27.4 Å². The van der Waals surface area contributed by atoms with Crippen molar-refractivity contribution in [3.63, 3.8) is 0 Å². The molecule has 3 heteroatoms. The maximum absolute atomic E-state index is 9.41. The van der Waals surface area contributed by atoms with Gasteiger partial charge in [-0.05, 0) is 34.5 Å². The SMILES string of the molecule is [2H]c1nc2c(c([2H])c1[2H])c([2H])c([2H])c1c([2H])c([2H])c(-c3c([2H])c([2H])c(-c4c([2H])c([2H])c([2H])c5c4sc4c([2H])c([2H])c([2H])c([2H])c45)c4c([2H])c([2H])c([2H])c([2H])c34)nc12. The number of hydrogen-bond donors (Lipinski definition) is 0. The lowest BCUT2D eigenvalue weighted by atomic mass is 9.93. The molecular formula is C34H20N2S. The molecule has 0 saturated carbocycles. The van der Waals surface area contributed by atoms with Crippen LogP contribution in [0.2, 0.25) is 0 Å². The first-order chi connectivity index (χ1) is 26.7. The summed E-state index contributed by atoms with van der Waals surface area (Å²) in [4.78, 5) is 8.48. The minimum atomic E-state index is -0.835. The van der Waals surface area contributed by atoms with Gasteiger partial charge < -0.3 is 0 Å². The van der Waals surface area contributed by atoms with Crippen molar-refractivity contribution in [3.05, 3.63) is 121 Å². The van der Waals surface area contributed by atoms with Gasteiger partial charge >= 0.3 is 0 Å². The third kappa shape index (κ3) is 3.11. The van der Waals surface area contributed by atoms with E-state index in [-0.39, 0.29) is 36.6 Å². The molecule has 2 nitrogen and oxygen atoms in total. The van der Waals surface area contributed by atoms with E-state index < -0.39 is 159 Å². The Kier molecular flexibility index (Phi) is 1.95. The van der Waals surface area contributed by atoms with Crippen molar-refractivity contribution in [2.45, 2.75) is 0 Å². The summed E-state index contributed by atoms with van der Waals surface area (Å²) in [6.07, 6.45) is -0.700. The summed E-state index contributed by atoms with van der Waals surface area (Å²) in [5, 5.41) is -2.07. The number of pyridine rings is 2. The minimum absolute atomic E-state index is 0.0481. The van der Waals surface area contributed by atoms with Crippen molar-refractivity contribution in [3.8, 4) is 22.4 Å². The first-order valence-electron chi connectivity index (χ1n) is 20.8. The van der Waals surface area contributed by atoms with Crippen LogP contribution in [0.25, 0.3) is 75.1 Å². The average molecular weight is 509 g/mol. The highest BCUT2D eigenvalue weighted by atomic mass is 32.1. The van der Waals surface area contributed by atoms with Crippen LogP contribution in [0, 0.1) is 0 Å².